The Bertz CT molecular complexity index is 925. The first-order chi connectivity index (χ1) is 11.0. The van der Waals surface area contributed by atoms with E-state index in [0.717, 1.165) is 11.2 Å². The van der Waals surface area contributed by atoms with E-state index in [4.69, 9.17) is 0 Å². The molecule has 5 heteroatoms. The maximum absolute atomic E-state index is 12.6. The van der Waals surface area contributed by atoms with Crippen molar-refractivity contribution in [3.8, 4) is 0 Å². The van der Waals surface area contributed by atoms with Gasteiger partial charge in [0.05, 0.1) is 5.69 Å². The molecule has 0 saturated carbocycles. The lowest BCUT2D eigenvalue weighted by atomic mass is 10.1. The van der Waals surface area contributed by atoms with Gasteiger partial charge in [-0.05, 0) is 44.5 Å². The van der Waals surface area contributed by atoms with Gasteiger partial charge in [-0.3, -0.25) is 14.0 Å². The van der Waals surface area contributed by atoms with Gasteiger partial charge in [-0.2, -0.15) is 0 Å². The molecule has 2 heterocycles. The molecule has 5 nitrogen and oxygen atoms in total. The first kappa shape index (κ1) is 15.0. The number of benzene rings is 1. The van der Waals surface area contributed by atoms with Crippen molar-refractivity contribution in [3.05, 3.63) is 65.1 Å². The number of aryl methyl sites for hydroxylation is 2. The van der Waals surface area contributed by atoms with Crippen LogP contribution in [-0.2, 0) is 0 Å². The zero-order valence-corrected chi connectivity index (χ0v) is 13.3. The highest BCUT2D eigenvalue weighted by molar-refractivity contribution is 6.05. The van der Waals surface area contributed by atoms with Crippen molar-refractivity contribution in [2.45, 2.75) is 20.8 Å². The number of nitrogens with zero attached hydrogens (tertiary/aromatic N) is 2. The summed E-state index contributed by atoms with van der Waals surface area (Å²) in [6, 6.07) is 10.7. The van der Waals surface area contributed by atoms with Crippen molar-refractivity contribution in [2.24, 2.45) is 0 Å². The van der Waals surface area contributed by atoms with Gasteiger partial charge in [0.2, 0.25) is 0 Å². The highest BCUT2D eigenvalue weighted by Crippen LogP contribution is 2.18. The number of pyridine rings is 1. The van der Waals surface area contributed by atoms with Crippen LogP contribution in [0.1, 0.15) is 39.0 Å². The van der Waals surface area contributed by atoms with E-state index in [9.17, 15) is 9.59 Å². The van der Waals surface area contributed by atoms with Crippen LogP contribution < -0.4 is 5.32 Å². The molecule has 1 N–H and O–H groups in total. The molecule has 1 amide bonds. The van der Waals surface area contributed by atoms with Crippen molar-refractivity contribution in [1.82, 2.24) is 9.38 Å². The molecule has 0 atom stereocenters. The molecule has 0 radical (unpaired) electrons. The van der Waals surface area contributed by atoms with Gasteiger partial charge >= 0.3 is 0 Å². The maximum Gasteiger partial charge on any atom is 0.274 e. The number of carbonyl (C=O) groups is 2. The molecule has 0 aliphatic heterocycles. The normalized spacial score (nSPS) is 10.7. The summed E-state index contributed by atoms with van der Waals surface area (Å²) >= 11 is 0. The van der Waals surface area contributed by atoms with Crippen LogP contribution in [0.5, 0.6) is 0 Å². The molecule has 0 fully saturated rings. The average molecular weight is 307 g/mol. The maximum atomic E-state index is 12.6. The number of nitrogens with one attached hydrogen (secondary N) is 1. The first-order valence-electron chi connectivity index (χ1n) is 7.34. The molecule has 3 rings (SSSR count). The largest absolute Gasteiger partial charge is 0.321 e. The van der Waals surface area contributed by atoms with E-state index >= 15 is 0 Å². The lowest BCUT2D eigenvalue weighted by molar-refractivity contribution is 0.100. The van der Waals surface area contributed by atoms with Crippen LogP contribution >= 0.6 is 0 Å². The Morgan fingerprint density at radius 1 is 1.13 bits per heavy atom. The van der Waals surface area contributed by atoms with Crippen LogP contribution in [0.15, 0.2) is 42.6 Å². The number of hydrogen-bond acceptors (Lipinski definition) is 3. The van der Waals surface area contributed by atoms with Gasteiger partial charge in [-0.15, -0.1) is 0 Å². The fourth-order valence-corrected chi connectivity index (χ4v) is 2.60. The van der Waals surface area contributed by atoms with Gasteiger partial charge < -0.3 is 5.32 Å². The minimum Gasteiger partial charge on any atom is -0.321 e. The van der Waals surface area contributed by atoms with Crippen LogP contribution in [0.4, 0.5) is 5.69 Å². The fraction of sp³-hybridized carbons (Fsp3) is 0.167. The second kappa shape index (κ2) is 5.68. The van der Waals surface area contributed by atoms with Gasteiger partial charge in [0.1, 0.15) is 11.3 Å². The quantitative estimate of drug-likeness (QED) is 0.754. The van der Waals surface area contributed by atoms with E-state index in [0.29, 0.717) is 22.6 Å². The Balaban J connectivity index is 1.98. The zero-order chi connectivity index (χ0) is 16.6. The number of aromatic nitrogens is 2. The molecular weight excluding hydrogens is 290 g/mol. The van der Waals surface area contributed by atoms with E-state index in [-0.39, 0.29) is 11.7 Å². The van der Waals surface area contributed by atoms with E-state index in [2.05, 4.69) is 10.3 Å². The molecule has 23 heavy (non-hydrogen) atoms. The Hall–Kier alpha value is -2.95. The summed E-state index contributed by atoms with van der Waals surface area (Å²) in [4.78, 5) is 28.6. The molecule has 2 aromatic heterocycles. The summed E-state index contributed by atoms with van der Waals surface area (Å²) in [5, 5.41) is 2.84. The smallest absolute Gasteiger partial charge is 0.274 e. The molecule has 0 bridgehead atoms. The standard InChI is InChI=1S/C18H17N3O2/c1-11-6-5-9-21-16(12(2)19-17(11)21)18(23)20-15-8-4-7-14(10-15)13(3)22/h4-10H,1-3H3,(H,20,23). The second-order valence-electron chi connectivity index (χ2n) is 5.52. The van der Waals surface area contributed by atoms with Crippen LogP contribution in [0, 0.1) is 13.8 Å². The number of hydrogen-bond donors (Lipinski definition) is 1. The van der Waals surface area contributed by atoms with Crippen LogP contribution in [0.2, 0.25) is 0 Å². The summed E-state index contributed by atoms with van der Waals surface area (Å²) < 4.78 is 1.79. The third kappa shape index (κ3) is 2.73. The van der Waals surface area contributed by atoms with Crippen LogP contribution in [0.3, 0.4) is 0 Å². The highest BCUT2D eigenvalue weighted by atomic mass is 16.2. The summed E-state index contributed by atoms with van der Waals surface area (Å²) in [5.41, 5.74) is 4.09. The third-order valence-electron chi connectivity index (χ3n) is 3.76. The summed E-state index contributed by atoms with van der Waals surface area (Å²) in [6.45, 7) is 5.27. The monoisotopic (exact) mass is 307 g/mol. The number of ketones is 1. The minimum absolute atomic E-state index is 0.0392. The predicted molar refractivity (Wildman–Crippen MR) is 89.1 cm³/mol. The topological polar surface area (TPSA) is 63.5 Å². The van der Waals surface area contributed by atoms with Gasteiger partial charge in [0.25, 0.3) is 5.91 Å². The number of fused-ring (bicyclic) bond motifs is 1. The molecule has 116 valence electrons. The average Bonchev–Trinajstić information content (AvgIpc) is 2.85. The Morgan fingerprint density at radius 2 is 1.91 bits per heavy atom. The number of Topliss-reactive ketones (excluding diaryl/α,β-unsaturated/α-hetero) is 1. The summed E-state index contributed by atoms with van der Waals surface area (Å²) in [6.07, 6.45) is 1.82. The fourth-order valence-electron chi connectivity index (χ4n) is 2.60. The number of anilines is 1. The minimum atomic E-state index is -0.249. The number of rotatable bonds is 3. The van der Waals surface area contributed by atoms with Gasteiger partial charge in [0.15, 0.2) is 5.78 Å². The van der Waals surface area contributed by atoms with Gasteiger partial charge in [-0.25, -0.2) is 4.98 Å². The Morgan fingerprint density at radius 3 is 2.65 bits per heavy atom. The second-order valence-corrected chi connectivity index (χ2v) is 5.52. The van der Waals surface area contributed by atoms with Gasteiger partial charge in [-0.1, -0.05) is 18.2 Å². The van der Waals surface area contributed by atoms with Crippen molar-refractivity contribution >= 4 is 23.0 Å². The molecule has 0 aliphatic carbocycles. The van der Waals surface area contributed by atoms with Crippen molar-refractivity contribution in [3.63, 3.8) is 0 Å². The van der Waals surface area contributed by atoms with E-state index in [1.54, 1.807) is 28.7 Å². The summed E-state index contributed by atoms with van der Waals surface area (Å²) in [7, 11) is 0. The summed E-state index contributed by atoms with van der Waals surface area (Å²) in [5.74, 6) is -0.288. The SMILES string of the molecule is CC(=O)c1cccc(NC(=O)c2c(C)nc3c(C)cccn23)c1. The van der Waals surface area contributed by atoms with Gasteiger partial charge in [0, 0.05) is 17.4 Å². The Kier molecular flexibility index (Phi) is 3.70. The van der Waals surface area contributed by atoms with E-state index in [1.165, 1.54) is 6.92 Å². The van der Waals surface area contributed by atoms with Crippen molar-refractivity contribution in [1.29, 1.82) is 0 Å². The van der Waals surface area contributed by atoms with Crippen LogP contribution in [-0.4, -0.2) is 21.1 Å². The van der Waals surface area contributed by atoms with E-state index in [1.807, 2.05) is 32.2 Å². The van der Waals surface area contributed by atoms with Crippen molar-refractivity contribution in [2.75, 3.05) is 5.32 Å². The lowest BCUT2D eigenvalue weighted by Crippen LogP contribution is -2.16. The highest BCUT2D eigenvalue weighted by Gasteiger charge is 2.17. The first-order valence-corrected chi connectivity index (χ1v) is 7.34. The van der Waals surface area contributed by atoms with E-state index < -0.39 is 0 Å². The van der Waals surface area contributed by atoms with Crippen molar-refractivity contribution < 1.29 is 9.59 Å². The molecule has 0 saturated heterocycles. The molecular formula is C18H17N3O2. The lowest BCUT2D eigenvalue weighted by Gasteiger charge is -2.07. The number of imidazole rings is 1. The Labute approximate surface area is 134 Å². The molecule has 0 aliphatic rings. The molecule has 3 aromatic rings. The number of amides is 1. The predicted octanol–water partition coefficient (Wildman–Crippen LogP) is 3.41. The molecule has 0 unspecified atom stereocenters. The zero-order valence-electron chi connectivity index (χ0n) is 13.3. The molecule has 0 spiro atoms. The number of carbonyl (C=O) groups excluding carboxylic acids is 2. The van der Waals surface area contributed by atoms with Crippen LogP contribution in [0.25, 0.3) is 5.65 Å². The molecule has 1 aromatic carbocycles. The third-order valence-corrected chi connectivity index (χ3v) is 3.76.